The maximum atomic E-state index is 12.1. The van der Waals surface area contributed by atoms with E-state index in [9.17, 15) is 13.6 Å². The Labute approximate surface area is 119 Å². The van der Waals surface area contributed by atoms with Crippen molar-refractivity contribution in [3.05, 3.63) is 21.1 Å². The van der Waals surface area contributed by atoms with Crippen LogP contribution in [0.5, 0.6) is 5.75 Å². The molecule has 0 atom stereocenters. The Kier molecular flexibility index (Phi) is 5.80. The average molecular weight is 389 g/mol. The molecule has 0 aromatic heterocycles. The minimum absolute atomic E-state index is 0.0422. The van der Waals surface area contributed by atoms with Gasteiger partial charge < -0.3 is 9.47 Å². The van der Waals surface area contributed by atoms with Crippen LogP contribution in [0.1, 0.15) is 6.92 Å². The van der Waals surface area contributed by atoms with Gasteiger partial charge >= 0.3 is 12.7 Å². The van der Waals surface area contributed by atoms with Crippen LogP contribution in [0.25, 0.3) is 0 Å². The molecule has 1 aromatic carbocycles. The third-order valence-corrected chi connectivity index (χ3v) is 2.91. The topological polar surface area (TPSA) is 47.6 Å². The van der Waals surface area contributed by atoms with Crippen LogP contribution in [0.4, 0.5) is 19.3 Å². The minimum atomic E-state index is -2.93. The zero-order chi connectivity index (χ0) is 13.7. The summed E-state index contributed by atoms with van der Waals surface area (Å²) >= 11 is 6.15. The summed E-state index contributed by atoms with van der Waals surface area (Å²) in [7, 11) is 0. The number of hydrogen-bond acceptors (Lipinski definition) is 3. The van der Waals surface area contributed by atoms with Crippen LogP contribution in [-0.4, -0.2) is 19.3 Å². The van der Waals surface area contributed by atoms with E-state index in [4.69, 9.17) is 0 Å². The van der Waals surface area contributed by atoms with Gasteiger partial charge in [-0.25, -0.2) is 4.79 Å². The van der Waals surface area contributed by atoms with Crippen molar-refractivity contribution < 1.29 is 23.0 Å². The summed E-state index contributed by atoms with van der Waals surface area (Å²) in [4.78, 5) is 11.2. The van der Waals surface area contributed by atoms with Crippen LogP contribution in [0.15, 0.2) is 21.1 Å². The van der Waals surface area contributed by atoms with Crippen molar-refractivity contribution in [1.82, 2.24) is 0 Å². The Balaban J connectivity index is 2.89. The zero-order valence-corrected chi connectivity index (χ0v) is 12.3. The Morgan fingerprint density at radius 3 is 2.39 bits per heavy atom. The molecule has 1 N–H and O–H groups in total. The molecule has 0 fully saturated rings. The molecule has 0 radical (unpaired) electrons. The maximum Gasteiger partial charge on any atom is 0.411 e. The van der Waals surface area contributed by atoms with Crippen molar-refractivity contribution in [2.24, 2.45) is 0 Å². The molecule has 0 unspecified atom stereocenters. The molecule has 1 amide bonds. The molecular weight excluding hydrogens is 380 g/mol. The number of halogens is 4. The highest BCUT2D eigenvalue weighted by atomic mass is 79.9. The van der Waals surface area contributed by atoms with Gasteiger partial charge in [0.25, 0.3) is 0 Å². The highest BCUT2D eigenvalue weighted by Crippen LogP contribution is 2.37. The summed E-state index contributed by atoms with van der Waals surface area (Å²) in [5.74, 6) is -0.0422. The molecule has 0 saturated carbocycles. The molecule has 0 spiro atoms. The number of carbonyl (C=O) groups excluding carboxylic acids is 1. The summed E-state index contributed by atoms with van der Waals surface area (Å²) < 4.78 is 33.8. The number of rotatable bonds is 4. The van der Waals surface area contributed by atoms with Crippen molar-refractivity contribution in [2.75, 3.05) is 11.9 Å². The number of amides is 1. The normalized spacial score (nSPS) is 10.3. The second-order valence-electron chi connectivity index (χ2n) is 2.99. The lowest BCUT2D eigenvalue weighted by Gasteiger charge is -2.12. The lowest BCUT2D eigenvalue weighted by atomic mass is 10.3. The molecule has 8 heteroatoms. The van der Waals surface area contributed by atoms with Gasteiger partial charge in [-0.1, -0.05) is 0 Å². The van der Waals surface area contributed by atoms with Gasteiger partial charge in [0.05, 0.1) is 15.6 Å². The molecule has 0 aliphatic carbocycles. The van der Waals surface area contributed by atoms with Crippen LogP contribution in [0, 0.1) is 0 Å². The predicted molar refractivity (Wildman–Crippen MR) is 69.1 cm³/mol. The summed E-state index contributed by atoms with van der Waals surface area (Å²) in [6, 6.07) is 2.86. The van der Waals surface area contributed by atoms with Crippen molar-refractivity contribution in [3.8, 4) is 5.75 Å². The van der Waals surface area contributed by atoms with Crippen molar-refractivity contribution >= 4 is 43.6 Å². The SMILES string of the molecule is CCOC(=O)Nc1cc(Br)c(OC(F)F)c(Br)c1. The first-order valence-corrected chi connectivity index (χ1v) is 6.40. The first kappa shape index (κ1) is 15.2. The van der Waals surface area contributed by atoms with Crippen LogP contribution < -0.4 is 10.1 Å². The molecule has 0 aliphatic rings. The van der Waals surface area contributed by atoms with Gasteiger partial charge in [-0.3, -0.25) is 5.32 Å². The minimum Gasteiger partial charge on any atom is -0.450 e. The molecule has 18 heavy (non-hydrogen) atoms. The third kappa shape index (κ3) is 4.41. The van der Waals surface area contributed by atoms with Gasteiger partial charge in [0.2, 0.25) is 0 Å². The van der Waals surface area contributed by atoms with E-state index in [0.29, 0.717) is 5.69 Å². The van der Waals surface area contributed by atoms with Gasteiger partial charge in [0, 0.05) is 5.69 Å². The molecular formula is C10H9Br2F2NO3. The number of ether oxygens (including phenoxy) is 2. The highest BCUT2D eigenvalue weighted by Gasteiger charge is 2.14. The van der Waals surface area contributed by atoms with Crippen LogP contribution >= 0.6 is 31.9 Å². The van der Waals surface area contributed by atoms with E-state index < -0.39 is 12.7 Å². The Morgan fingerprint density at radius 1 is 1.39 bits per heavy atom. The summed E-state index contributed by atoms with van der Waals surface area (Å²) in [5, 5.41) is 2.44. The molecule has 0 aliphatic heterocycles. The lowest BCUT2D eigenvalue weighted by molar-refractivity contribution is -0.0508. The third-order valence-electron chi connectivity index (χ3n) is 1.73. The average Bonchev–Trinajstić information content (AvgIpc) is 2.23. The number of alkyl halides is 2. The molecule has 0 saturated heterocycles. The zero-order valence-electron chi connectivity index (χ0n) is 9.18. The van der Waals surface area contributed by atoms with E-state index in [1.807, 2.05) is 0 Å². The van der Waals surface area contributed by atoms with Crippen LogP contribution in [-0.2, 0) is 4.74 Å². The van der Waals surface area contributed by atoms with E-state index in [0.717, 1.165) is 0 Å². The van der Waals surface area contributed by atoms with Gasteiger partial charge in [0.15, 0.2) is 5.75 Å². The predicted octanol–water partition coefficient (Wildman–Crippen LogP) is 4.38. The number of anilines is 1. The van der Waals surface area contributed by atoms with Crippen molar-refractivity contribution in [3.63, 3.8) is 0 Å². The monoisotopic (exact) mass is 387 g/mol. The van der Waals surface area contributed by atoms with Gasteiger partial charge in [-0.2, -0.15) is 8.78 Å². The van der Waals surface area contributed by atoms with Crippen LogP contribution in [0.2, 0.25) is 0 Å². The van der Waals surface area contributed by atoms with Crippen molar-refractivity contribution in [1.29, 1.82) is 0 Å². The quantitative estimate of drug-likeness (QED) is 0.832. The van der Waals surface area contributed by atoms with Gasteiger partial charge in [-0.15, -0.1) is 0 Å². The Hall–Kier alpha value is -0.890. The molecule has 1 aromatic rings. The second-order valence-corrected chi connectivity index (χ2v) is 4.70. The van der Waals surface area contributed by atoms with E-state index in [1.165, 1.54) is 12.1 Å². The molecule has 0 bridgehead atoms. The highest BCUT2D eigenvalue weighted by molar-refractivity contribution is 9.11. The number of hydrogen-bond donors (Lipinski definition) is 1. The molecule has 0 heterocycles. The van der Waals surface area contributed by atoms with E-state index >= 15 is 0 Å². The van der Waals surface area contributed by atoms with E-state index in [1.54, 1.807) is 6.92 Å². The molecule has 1 rings (SSSR count). The fourth-order valence-corrected chi connectivity index (χ4v) is 2.49. The fourth-order valence-electron chi connectivity index (χ4n) is 1.12. The van der Waals surface area contributed by atoms with E-state index in [2.05, 4.69) is 46.7 Å². The Bertz CT molecular complexity index is 420. The first-order chi connectivity index (χ1) is 8.43. The van der Waals surface area contributed by atoms with Gasteiger partial charge in [0.1, 0.15) is 0 Å². The van der Waals surface area contributed by atoms with E-state index in [-0.39, 0.29) is 21.3 Å². The molecule has 4 nitrogen and oxygen atoms in total. The standard InChI is InChI=1S/C10H9Br2F2NO3/c1-2-17-10(16)15-5-3-6(11)8(7(12)4-5)18-9(13)14/h3-4,9H,2H2,1H3,(H,15,16). The summed E-state index contributed by atoms with van der Waals surface area (Å²) in [6.07, 6.45) is -0.626. The van der Waals surface area contributed by atoms with Crippen LogP contribution in [0.3, 0.4) is 0 Å². The number of carbonyl (C=O) groups is 1. The van der Waals surface area contributed by atoms with Crippen molar-refractivity contribution in [2.45, 2.75) is 13.5 Å². The molecule has 100 valence electrons. The number of nitrogens with one attached hydrogen (secondary N) is 1. The summed E-state index contributed by atoms with van der Waals surface area (Å²) in [5.41, 5.74) is 0.383. The fraction of sp³-hybridized carbons (Fsp3) is 0.300. The largest absolute Gasteiger partial charge is 0.450 e. The first-order valence-electron chi connectivity index (χ1n) is 4.81. The maximum absolute atomic E-state index is 12.1. The Morgan fingerprint density at radius 2 is 1.94 bits per heavy atom. The lowest BCUT2D eigenvalue weighted by Crippen LogP contribution is -2.13. The van der Waals surface area contributed by atoms with Gasteiger partial charge in [-0.05, 0) is 50.9 Å². The second kappa shape index (κ2) is 6.89. The number of benzene rings is 1. The smallest absolute Gasteiger partial charge is 0.411 e. The summed E-state index contributed by atoms with van der Waals surface area (Å²) in [6.45, 7) is -1.02.